The topological polar surface area (TPSA) is 55.1 Å². The minimum Gasteiger partial charge on any atom is -0.349 e. The lowest BCUT2D eigenvalue weighted by molar-refractivity contribution is -0.137. The molecular formula is C15H21F3N2O. The van der Waals surface area contributed by atoms with E-state index in [1.165, 1.54) is 6.07 Å². The van der Waals surface area contributed by atoms with Crippen LogP contribution < -0.4 is 11.1 Å². The van der Waals surface area contributed by atoms with Crippen LogP contribution in [-0.4, -0.2) is 12.5 Å². The Morgan fingerprint density at radius 3 is 2.38 bits per heavy atom. The van der Waals surface area contributed by atoms with Gasteiger partial charge in [0, 0.05) is 6.54 Å². The quantitative estimate of drug-likeness (QED) is 0.878. The maximum absolute atomic E-state index is 12.7. The molecule has 1 aromatic carbocycles. The van der Waals surface area contributed by atoms with Crippen LogP contribution in [-0.2, 0) is 11.0 Å². The molecule has 0 aliphatic rings. The number of benzene rings is 1. The lowest BCUT2D eigenvalue weighted by atomic mass is 9.94. The van der Waals surface area contributed by atoms with Crippen LogP contribution in [0.25, 0.3) is 0 Å². The van der Waals surface area contributed by atoms with Gasteiger partial charge in [-0.3, -0.25) is 4.79 Å². The number of hydrogen-bond donors (Lipinski definition) is 2. The zero-order valence-electron chi connectivity index (χ0n) is 12.4. The van der Waals surface area contributed by atoms with Crippen LogP contribution in [0.1, 0.15) is 37.9 Å². The first kappa shape index (κ1) is 17.5. The molecule has 0 aliphatic carbocycles. The Bertz CT molecular complexity index is 486. The van der Waals surface area contributed by atoms with Gasteiger partial charge in [-0.25, -0.2) is 0 Å². The molecular weight excluding hydrogens is 281 g/mol. The van der Waals surface area contributed by atoms with Gasteiger partial charge in [0.2, 0.25) is 5.91 Å². The van der Waals surface area contributed by atoms with Gasteiger partial charge in [-0.05, 0) is 30.5 Å². The number of nitrogens with one attached hydrogen (secondary N) is 1. The summed E-state index contributed by atoms with van der Waals surface area (Å²) in [5, 5.41) is 2.72. The summed E-state index contributed by atoms with van der Waals surface area (Å²) < 4.78 is 38.0. The van der Waals surface area contributed by atoms with Crippen molar-refractivity contribution < 1.29 is 18.0 Å². The summed E-state index contributed by atoms with van der Waals surface area (Å²) in [4.78, 5) is 12.1. The monoisotopic (exact) mass is 302 g/mol. The van der Waals surface area contributed by atoms with Gasteiger partial charge in [0.15, 0.2) is 0 Å². The second kappa shape index (κ2) is 6.93. The molecule has 21 heavy (non-hydrogen) atoms. The van der Waals surface area contributed by atoms with E-state index in [2.05, 4.69) is 5.32 Å². The molecule has 1 aromatic rings. The van der Waals surface area contributed by atoms with E-state index in [4.69, 9.17) is 5.73 Å². The third kappa shape index (κ3) is 4.74. The molecule has 0 fully saturated rings. The first-order valence-electron chi connectivity index (χ1n) is 6.84. The summed E-state index contributed by atoms with van der Waals surface area (Å²) in [5.41, 5.74) is 5.25. The minimum atomic E-state index is -4.39. The largest absolute Gasteiger partial charge is 0.416 e. The Morgan fingerprint density at radius 2 is 1.90 bits per heavy atom. The van der Waals surface area contributed by atoms with Gasteiger partial charge in [-0.2, -0.15) is 13.2 Å². The van der Waals surface area contributed by atoms with Crippen molar-refractivity contribution in [1.29, 1.82) is 0 Å². The first-order chi connectivity index (χ1) is 9.66. The predicted octanol–water partition coefficient (Wildman–Crippen LogP) is 3.11. The average molecular weight is 302 g/mol. The molecule has 2 unspecified atom stereocenters. The molecule has 0 heterocycles. The number of halogens is 3. The SMILES string of the molecule is CC(NC(=O)C(CN)C(C)C)c1cccc(C(F)(F)F)c1. The summed E-state index contributed by atoms with van der Waals surface area (Å²) in [6.07, 6.45) is -4.39. The summed E-state index contributed by atoms with van der Waals surface area (Å²) in [6, 6.07) is 4.45. The number of rotatable bonds is 5. The molecule has 3 N–H and O–H groups in total. The molecule has 0 radical (unpaired) electrons. The predicted molar refractivity (Wildman–Crippen MR) is 75.4 cm³/mol. The van der Waals surface area contributed by atoms with Crippen molar-refractivity contribution in [3.8, 4) is 0 Å². The third-order valence-corrected chi connectivity index (χ3v) is 3.47. The standard InChI is InChI=1S/C15H21F3N2O/c1-9(2)13(8-19)14(21)20-10(3)11-5-4-6-12(7-11)15(16,17)18/h4-7,9-10,13H,8,19H2,1-3H3,(H,20,21). The molecule has 1 amide bonds. The van der Waals surface area contributed by atoms with Gasteiger partial charge in [-0.15, -0.1) is 0 Å². The highest BCUT2D eigenvalue weighted by atomic mass is 19.4. The smallest absolute Gasteiger partial charge is 0.349 e. The van der Waals surface area contributed by atoms with Gasteiger partial charge >= 0.3 is 6.18 Å². The van der Waals surface area contributed by atoms with Crippen LogP contribution >= 0.6 is 0 Å². The number of alkyl halides is 3. The fraction of sp³-hybridized carbons (Fsp3) is 0.533. The Balaban J connectivity index is 2.85. The van der Waals surface area contributed by atoms with Crippen LogP contribution in [0.4, 0.5) is 13.2 Å². The zero-order chi connectivity index (χ0) is 16.2. The van der Waals surface area contributed by atoms with Crippen molar-refractivity contribution in [2.75, 3.05) is 6.54 Å². The molecule has 3 nitrogen and oxygen atoms in total. The summed E-state index contributed by atoms with van der Waals surface area (Å²) in [5.74, 6) is -0.514. The average Bonchev–Trinajstić information content (AvgIpc) is 2.38. The molecule has 118 valence electrons. The zero-order valence-corrected chi connectivity index (χ0v) is 12.4. The van der Waals surface area contributed by atoms with Crippen molar-refractivity contribution in [2.24, 2.45) is 17.6 Å². The molecule has 0 aromatic heterocycles. The number of hydrogen-bond acceptors (Lipinski definition) is 2. The van der Waals surface area contributed by atoms with Gasteiger partial charge in [-0.1, -0.05) is 26.0 Å². The van der Waals surface area contributed by atoms with Crippen molar-refractivity contribution in [3.63, 3.8) is 0 Å². The number of nitrogens with two attached hydrogens (primary N) is 1. The van der Waals surface area contributed by atoms with Crippen LogP contribution in [0.5, 0.6) is 0 Å². The van der Waals surface area contributed by atoms with E-state index < -0.39 is 17.8 Å². The number of carbonyl (C=O) groups is 1. The van der Waals surface area contributed by atoms with Crippen LogP contribution in [0, 0.1) is 11.8 Å². The van der Waals surface area contributed by atoms with Crippen molar-refractivity contribution >= 4 is 5.91 Å². The maximum Gasteiger partial charge on any atom is 0.416 e. The highest BCUT2D eigenvalue weighted by Crippen LogP contribution is 2.30. The van der Waals surface area contributed by atoms with E-state index in [9.17, 15) is 18.0 Å². The van der Waals surface area contributed by atoms with E-state index in [-0.39, 0.29) is 24.3 Å². The van der Waals surface area contributed by atoms with Gasteiger partial charge in [0.1, 0.15) is 0 Å². The third-order valence-electron chi connectivity index (χ3n) is 3.47. The molecule has 0 aliphatic heterocycles. The van der Waals surface area contributed by atoms with Gasteiger partial charge in [0.25, 0.3) is 0 Å². The second-order valence-corrected chi connectivity index (χ2v) is 5.44. The van der Waals surface area contributed by atoms with Crippen molar-refractivity contribution in [3.05, 3.63) is 35.4 Å². The van der Waals surface area contributed by atoms with Crippen LogP contribution in [0.15, 0.2) is 24.3 Å². The molecule has 6 heteroatoms. The Hall–Kier alpha value is -1.56. The minimum absolute atomic E-state index is 0.0729. The Kier molecular flexibility index (Phi) is 5.78. The van der Waals surface area contributed by atoms with Crippen LogP contribution in [0.3, 0.4) is 0 Å². The number of amides is 1. The fourth-order valence-corrected chi connectivity index (χ4v) is 2.07. The lowest BCUT2D eigenvalue weighted by Gasteiger charge is -2.22. The van der Waals surface area contributed by atoms with Gasteiger partial charge < -0.3 is 11.1 Å². The second-order valence-electron chi connectivity index (χ2n) is 5.44. The molecule has 1 rings (SSSR count). The summed E-state index contributed by atoms with van der Waals surface area (Å²) >= 11 is 0. The van der Waals surface area contributed by atoms with Crippen LogP contribution in [0.2, 0.25) is 0 Å². The lowest BCUT2D eigenvalue weighted by Crippen LogP contribution is -2.39. The van der Waals surface area contributed by atoms with E-state index in [1.807, 2.05) is 13.8 Å². The van der Waals surface area contributed by atoms with Crippen molar-refractivity contribution in [2.45, 2.75) is 33.0 Å². The highest BCUT2D eigenvalue weighted by Gasteiger charge is 2.31. The molecule has 0 bridgehead atoms. The normalized spacial score (nSPS) is 14.9. The molecule has 0 saturated carbocycles. The number of carbonyl (C=O) groups excluding carboxylic acids is 1. The molecule has 0 saturated heterocycles. The van der Waals surface area contributed by atoms with Crippen molar-refractivity contribution in [1.82, 2.24) is 5.32 Å². The van der Waals surface area contributed by atoms with Gasteiger partial charge in [0.05, 0.1) is 17.5 Å². The van der Waals surface area contributed by atoms with E-state index in [0.717, 1.165) is 12.1 Å². The first-order valence-corrected chi connectivity index (χ1v) is 6.84. The molecule has 0 spiro atoms. The van der Waals surface area contributed by atoms with E-state index in [0.29, 0.717) is 5.56 Å². The Morgan fingerprint density at radius 1 is 1.29 bits per heavy atom. The molecule has 2 atom stereocenters. The fourth-order valence-electron chi connectivity index (χ4n) is 2.07. The Labute approximate surface area is 122 Å². The summed E-state index contributed by atoms with van der Waals surface area (Å²) in [6.45, 7) is 5.62. The van der Waals surface area contributed by atoms with E-state index in [1.54, 1.807) is 13.0 Å². The highest BCUT2D eigenvalue weighted by molar-refractivity contribution is 5.79. The van der Waals surface area contributed by atoms with E-state index >= 15 is 0 Å². The summed E-state index contributed by atoms with van der Waals surface area (Å²) in [7, 11) is 0. The maximum atomic E-state index is 12.7.